The molecule has 1 unspecified atom stereocenters. The van der Waals surface area contributed by atoms with E-state index in [0.717, 1.165) is 10.3 Å². The van der Waals surface area contributed by atoms with Crippen LogP contribution in [0.4, 0.5) is 0 Å². The SMILES string of the molecule is CC(OC(=O)CCCN1C(=O)c2cccc3cccc(c23)C1=O)C(N)=O. The molecule has 0 bridgehead atoms. The van der Waals surface area contributed by atoms with Gasteiger partial charge < -0.3 is 10.5 Å². The van der Waals surface area contributed by atoms with E-state index >= 15 is 0 Å². The molecule has 2 aromatic rings. The Kier molecular flexibility index (Phi) is 4.71. The van der Waals surface area contributed by atoms with Crippen LogP contribution >= 0.6 is 0 Å². The lowest BCUT2D eigenvalue weighted by molar-refractivity contribution is -0.153. The van der Waals surface area contributed by atoms with Crippen molar-refractivity contribution in [3.63, 3.8) is 0 Å². The average Bonchev–Trinajstić information content (AvgIpc) is 2.62. The molecule has 1 aliphatic heterocycles. The number of nitrogens with two attached hydrogens (primary N) is 1. The number of hydrogen-bond acceptors (Lipinski definition) is 5. The van der Waals surface area contributed by atoms with Crippen LogP contribution in [-0.2, 0) is 14.3 Å². The molecule has 0 aromatic heterocycles. The lowest BCUT2D eigenvalue weighted by Gasteiger charge is -2.27. The number of primary amides is 1. The second-order valence-electron chi connectivity index (χ2n) is 6.11. The van der Waals surface area contributed by atoms with E-state index in [1.54, 1.807) is 24.3 Å². The Morgan fingerprint density at radius 2 is 1.65 bits per heavy atom. The standard InChI is InChI=1S/C19H18N2O5/c1-11(17(20)23)26-15(22)9-4-10-21-18(24)13-7-2-5-12-6-3-8-14(16(12)13)19(21)25/h2-3,5-8,11H,4,9-10H2,1H3,(H2,20,23). The lowest BCUT2D eigenvalue weighted by atomic mass is 9.94. The van der Waals surface area contributed by atoms with Gasteiger partial charge in [-0.05, 0) is 30.9 Å². The molecule has 0 saturated heterocycles. The summed E-state index contributed by atoms with van der Waals surface area (Å²) in [5.41, 5.74) is 5.98. The highest BCUT2D eigenvalue weighted by molar-refractivity contribution is 6.25. The predicted octanol–water partition coefficient (Wildman–Crippen LogP) is 1.63. The number of esters is 1. The average molecular weight is 354 g/mol. The summed E-state index contributed by atoms with van der Waals surface area (Å²) < 4.78 is 4.86. The Labute approximate surface area is 149 Å². The molecule has 0 radical (unpaired) electrons. The molecule has 7 heteroatoms. The lowest BCUT2D eigenvalue weighted by Crippen LogP contribution is -2.41. The first-order chi connectivity index (χ1) is 12.4. The molecule has 0 saturated carbocycles. The highest BCUT2D eigenvalue weighted by atomic mass is 16.5. The van der Waals surface area contributed by atoms with E-state index in [1.165, 1.54) is 6.92 Å². The smallest absolute Gasteiger partial charge is 0.306 e. The highest BCUT2D eigenvalue weighted by Crippen LogP contribution is 2.30. The van der Waals surface area contributed by atoms with Gasteiger partial charge in [-0.2, -0.15) is 0 Å². The summed E-state index contributed by atoms with van der Waals surface area (Å²) in [5.74, 6) is -2.09. The zero-order valence-corrected chi connectivity index (χ0v) is 14.2. The van der Waals surface area contributed by atoms with Crippen molar-refractivity contribution in [2.24, 2.45) is 5.73 Å². The van der Waals surface area contributed by atoms with Gasteiger partial charge in [0.2, 0.25) is 0 Å². The van der Waals surface area contributed by atoms with Gasteiger partial charge in [0.05, 0.1) is 0 Å². The summed E-state index contributed by atoms with van der Waals surface area (Å²) in [6, 6.07) is 10.6. The van der Waals surface area contributed by atoms with Crippen LogP contribution in [0.3, 0.4) is 0 Å². The van der Waals surface area contributed by atoms with Gasteiger partial charge in [0, 0.05) is 29.5 Å². The molecular formula is C19H18N2O5. The van der Waals surface area contributed by atoms with Crippen LogP contribution < -0.4 is 5.73 Å². The van der Waals surface area contributed by atoms with Crippen LogP contribution in [0.1, 0.15) is 40.5 Å². The Morgan fingerprint density at radius 1 is 1.08 bits per heavy atom. The number of hydrogen-bond donors (Lipinski definition) is 1. The van der Waals surface area contributed by atoms with E-state index < -0.39 is 18.0 Å². The number of nitrogens with zero attached hydrogens (tertiary/aromatic N) is 1. The van der Waals surface area contributed by atoms with E-state index in [4.69, 9.17) is 10.5 Å². The largest absolute Gasteiger partial charge is 0.453 e. The van der Waals surface area contributed by atoms with Crippen molar-refractivity contribution in [3.8, 4) is 0 Å². The molecule has 134 valence electrons. The molecule has 26 heavy (non-hydrogen) atoms. The summed E-state index contributed by atoms with van der Waals surface area (Å²) in [6.45, 7) is 1.47. The van der Waals surface area contributed by atoms with Crippen LogP contribution in [0.5, 0.6) is 0 Å². The molecule has 7 nitrogen and oxygen atoms in total. The first-order valence-corrected chi connectivity index (χ1v) is 8.27. The number of rotatable bonds is 6. The molecule has 2 aromatic carbocycles. The van der Waals surface area contributed by atoms with E-state index in [1.807, 2.05) is 12.1 Å². The van der Waals surface area contributed by atoms with Crippen molar-refractivity contribution in [1.29, 1.82) is 0 Å². The van der Waals surface area contributed by atoms with Crippen molar-refractivity contribution in [3.05, 3.63) is 47.5 Å². The van der Waals surface area contributed by atoms with E-state index in [2.05, 4.69) is 0 Å². The van der Waals surface area contributed by atoms with Crippen LogP contribution in [-0.4, -0.2) is 41.2 Å². The number of benzene rings is 2. The second-order valence-corrected chi connectivity index (χ2v) is 6.11. The Balaban J connectivity index is 1.71. The van der Waals surface area contributed by atoms with Gasteiger partial charge in [-0.3, -0.25) is 24.1 Å². The third-order valence-corrected chi connectivity index (χ3v) is 4.33. The molecule has 3 amide bonds. The van der Waals surface area contributed by atoms with E-state index in [0.29, 0.717) is 16.5 Å². The maximum Gasteiger partial charge on any atom is 0.306 e. The van der Waals surface area contributed by atoms with Gasteiger partial charge in [0.15, 0.2) is 6.10 Å². The van der Waals surface area contributed by atoms with Crippen molar-refractivity contribution >= 4 is 34.5 Å². The Hall–Kier alpha value is -3.22. The Morgan fingerprint density at radius 3 is 2.19 bits per heavy atom. The van der Waals surface area contributed by atoms with E-state index in [-0.39, 0.29) is 31.2 Å². The minimum atomic E-state index is -1.01. The molecule has 0 fully saturated rings. The molecule has 1 atom stereocenters. The molecule has 0 aliphatic carbocycles. The van der Waals surface area contributed by atoms with Gasteiger partial charge in [0.25, 0.3) is 17.7 Å². The topological polar surface area (TPSA) is 107 Å². The molecule has 1 aliphatic rings. The Bertz CT molecular complexity index is 871. The van der Waals surface area contributed by atoms with Gasteiger partial charge in [-0.25, -0.2) is 0 Å². The van der Waals surface area contributed by atoms with Crippen LogP contribution in [0.15, 0.2) is 36.4 Å². The number of amides is 3. The minimum absolute atomic E-state index is 0.0273. The predicted molar refractivity (Wildman–Crippen MR) is 93.3 cm³/mol. The van der Waals surface area contributed by atoms with Crippen LogP contribution in [0, 0.1) is 0 Å². The van der Waals surface area contributed by atoms with Crippen molar-refractivity contribution < 1.29 is 23.9 Å². The normalized spacial score (nSPS) is 14.4. The van der Waals surface area contributed by atoms with Gasteiger partial charge in [-0.15, -0.1) is 0 Å². The maximum absolute atomic E-state index is 12.7. The quantitative estimate of drug-likeness (QED) is 0.627. The van der Waals surface area contributed by atoms with Gasteiger partial charge >= 0.3 is 5.97 Å². The second kappa shape index (κ2) is 6.95. The van der Waals surface area contributed by atoms with Crippen molar-refractivity contribution in [2.45, 2.75) is 25.9 Å². The number of imide groups is 1. The van der Waals surface area contributed by atoms with Gasteiger partial charge in [-0.1, -0.05) is 24.3 Å². The van der Waals surface area contributed by atoms with Gasteiger partial charge in [0.1, 0.15) is 0 Å². The third kappa shape index (κ3) is 3.15. The molecular weight excluding hydrogens is 336 g/mol. The minimum Gasteiger partial charge on any atom is -0.453 e. The summed E-state index contributed by atoms with van der Waals surface area (Å²) in [7, 11) is 0. The first kappa shape index (κ1) is 17.6. The van der Waals surface area contributed by atoms with Crippen molar-refractivity contribution in [1.82, 2.24) is 4.90 Å². The molecule has 0 spiro atoms. The molecule has 1 heterocycles. The summed E-state index contributed by atoms with van der Waals surface area (Å²) in [5, 5.41) is 1.50. The third-order valence-electron chi connectivity index (χ3n) is 4.33. The summed E-state index contributed by atoms with van der Waals surface area (Å²) >= 11 is 0. The fraction of sp³-hybridized carbons (Fsp3) is 0.263. The fourth-order valence-electron chi connectivity index (χ4n) is 2.98. The molecule has 3 rings (SSSR count). The molecule has 2 N–H and O–H groups in total. The highest BCUT2D eigenvalue weighted by Gasteiger charge is 2.32. The number of carbonyl (C=O) groups is 4. The van der Waals surface area contributed by atoms with Crippen LogP contribution in [0.2, 0.25) is 0 Å². The van der Waals surface area contributed by atoms with Crippen LogP contribution in [0.25, 0.3) is 10.8 Å². The fourth-order valence-corrected chi connectivity index (χ4v) is 2.98. The number of carbonyl (C=O) groups excluding carboxylic acids is 4. The summed E-state index contributed by atoms with van der Waals surface area (Å²) in [6.07, 6.45) is -0.800. The zero-order chi connectivity index (χ0) is 18.8. The number of ether oxygens (including phenoxy) is 1. The summed E-state index contributed by atoms with van der Waals surface area (Å²) in [4.78, 5) is 49.1. The zero-order valence-electron chi connectivity index (χ0n) is 14.2. The van der Waals surface area contributed by atoms with Crippen molar-refractivity contribution in [2.75, 3.05) is 6.54 Å². The first-order valence-electron chi connectivity index (χ1n) is 8.27. The monoisotopic (exact) mass is 354 g/mol. The van der Waals surface area contributed by atoms with E-state index in [9.17, 15) is 19.2 Å². The maximum atomic E-state index is 12.7.